The van der Waals surface area contributed by atoms with Crippen LogP contribution in [0.2, 0.25) is 0 Å². The van der Waals surface area contributed by atoms with Crippen molar-refractivity contribution in [3.63, 3.8) is 0 Å². The van der Waals surface area contributed by atoms with Crippen molar-refractivity contribution in [2.45, 2.75) is 32.8 Å². The summed E-state index contributed by atoms with van der Waals surface area (Å²) < 4.78 is 0. The zero-order chi connectivity index (χ0) is 15.2. The first kappa shape index (κ1) is 15.6. The molecule has 2 rings (SSSR count). The SMILES string of the molecule is CC(O)c1ccccc1NCC(c1ccccc1)C(C)C. The third-order valence-electron chi connectivity index (χ3n) is 3.96. The molecule has 2 aromatic rings. The molecule has 2 aromatic carbocycles. The van der Waals surface area contributed by atoms with Crippen molar-refractivity contribution in [3.8, 4) is 0 Å². The Kier molecular flexibility index (Phi) is 5.40. The fourth-order valence-corrected chi connectivity index (χ4v) is 2.68. The Bertz CT molecular complexity index is 549. The van der Waals surface area contributed by atoms with Gasteiger partial charge in [-0.25, -0.2) is 0 Å². The lowest BCUT2D eigenvalue weighted by molar-refractivity contribution is 0.200. The topological polar surface area (TPSA) is 32.3 Å². The van der Waals surface area contributed by atoms with Crippen LogP contribution in [0.5, 0.6) is 0 Å². The summed E-state index contributed by atoms with van der Waals surface area (Å²) in [5, 5.41) is 13.4. The van der Waals surface area contributed by atoms with Gasteiger partial charge in [0.15, 0.2) is 0 Å². The summed E-state index contributed by atoms with van der Waals surface area (Å²) >= 11 is 0. The Morgan fingerprint density at radius 3 is 2.14 bits per heavy atom. The van der Waals surface area contributed by atoms with Gasteiger partial charge in [-0.15, -0.1) is 0 Å². The molecule has 0 aliphatic carbocycles. The van der Waals surface area contributed by atoms with Crippen LogP contribution < -0.4 is 5.32 Å². The molecule has 0 fully saturated rings. The zero-order valence-electron chi connectivity index (χ0n) is 13.1. The highest BCUT2D eigenvalue weighted by molar-refractivity contribution is 5.52. The number of nitrogens with one attached hydrogen (secondary N) is 1. The fraction of sp³-hybridized carbons (Fsp3) is 0.368. The summed E-state index contributed by atoms with van der Waals surface area (Å²) in [5.74, 6) is 1.01. The van der Waals surface area contributed by atoms with Crippen LogP contribution in [0.25, 0.3) is 0 Å². The van der Waals surface area contributed by atoms with Gasteiger partial charge in [-0.05, 0) is 24.5 Å². The van der Waals surface area contributed by atoms with E-state index in [9.17, 15) is 5.11 Å². The third-order valence-corrected chi connectivity index (χ3v) is 3.96. The number of hydrogen-bond donors (Lipinski definition) is 2. The lowest BCUT2D eigenvalue weighted by Gasteiger charge is -2.23. The second-order valence-corrected chi connectivity index (χ2v) is 5.91. The van der Waals surface area contributed by atoms with E-state index < -0.39 is 6.10 Å². The van der Waals surface area contributed by atoms with Crippen LogP contribution in [0.4, 0.5) is 5.69 Å². The molecule has 2 N–H and O–H groups in total. The molecule has 2 atom stereocenters. The van der Waals surface area contributed by atoms with E-state index in [-0.39, 0.29) is 0 Å². The van der Waals surface area contributed by atoms with Crippen molar-refractivity contribution in [2.75, 3.05) is 11.9 Å². The molecule has 2 heteroatoms. The predicted molar refractivity (Wildman–Crippen MR) is 89.6 cm³/mol. The van der Waals surface area contributed by atoms with Gasteiger partial charge >= 0.3 is 0 Å². The van der Waals surface area contributed by atoms with Crippen molar-refractivity contribution in [2.24, 2.45) is 5.92 Å². The molecule has 21 heavy (non-hydrogen) atoms. The third kappa shape index (κ3) is 4.08. The molecule has 0 radical (unpaired) electrons. The summed E-state index contributed by atoms with van der Waals surface area (Å²) in [5.41, 5.74) is 3.33. The minimum absolute atomic E-state index is 0.452. The Hall–Kier alpha value is -1.80. The molecule has 0 aliphatic heterocycles. The van der Waals surface area contributed by atoms with E-state index in [0.29, 0.717) is 11.8 Å². The molecule has 112 valence electrons. The number of hydrogen-bond acceptors (Lipinski definition) is 2. The second kappa shape index (κ2) is 7.28. The minimum Gasteiger partial charge on any atom is -0.389 e. The Labute approximate surface area is 127 Å². The van der Waals surface area contributed by atoms with Gasteiger partial charge in [-0.3, -0.25) is 0 Å². The first-order valence-electron chi connectivity index (χ1n) is 7.65. The standard InChI is InChI=1S/C19H25NO/c1-14(2)18(16-9-5-4-6-10-16)13-20-19-12-8-7-11-17(19)15(3)21/h4-12,14-15,18,20-21H,13H2,1-3H3. The number of aliphatic hydroxyl groups is 1. The summed E-state index contributed by atoms with van der Waals surface area (Å²) in [6.45, 7) is 7.17. The van der Waals surface area contributed by atoms with Crippen LogP contribution in [0.3, 0.4) is 0 Å². The Morgan fingerprint density at radius 1 is 0.905 bits per heavy atom. The van der Waals surface area contributed by atoms with Crippen LogP contribution in [0, 0.1) is 5.92 Å². The monoisotopic (exact) mass is 283 g/mol. The van der Waals surface area contributed by atoms with Crippen molar-refractivity contribution >= 4 is 5.69 Å². The van der Waals surface area contributed by atoms with Crippen LogP contribution in [0.15, 0.2) is 54.6 Å². The number of rotatable bonds is 6. The fourth-order valence-electron chi connectivity index (χ4n) is 2.68. The second-order valence-electron chi connectivity index (χ2n) is 5.91. The highest BCUT2D eigenvalue weighted by atomic mass is 16.3. The maximum Gasteiger partial charge on any atom is 0.0781 e. The average molecular weight is 283 g/mol. The first-order chi connectivity index (χ1) is 10.1. The largest absolute Gasteiger partial charge is 0.389 e. The first-order valence-corrected chi connectivity index (χ1v) is 7.65. The lowest BCUT2D eigenvalue weighted by Crippen LogP contribution is -2.18. The van der Waals surface area contributed by atoms with E-state index in [1.165, 1.54) is 5.56 Å². The van der Waals surface area contributed by atoms with Gasteiger partial charge in [-0.2, -0.15) is 0 Å². The summed E-state index contributed by atoms with van der Waals surface area (Å²) in [6.07, 6.45) is -0.456. The van der Waals surface area contributed by atoms with Crippen molar-refractivity contribution in [1.82, 2.24) is 0 Å². The maximum absolute atomic E-state index is 9.86. The maximum atomic E-state index is 9.86. The highest BCUT2D eigenvalue weighted by Gasteiger charge is 2.16. The van der Waals surface area contributed by atoms with E-state index in [0.717, 1.165) is 17.8 Å². The van der Waals surface area contributed by atoms with Gasteiger partial charge in [0.05, 0.1) is 6.10 Å². The molecular formula is C19H25NO. The van der Waals surface area contributed by atoms with Crippen LogP contribution in [-0.2, 0) is 0 Å². The average Bonchev–Trinajstić information content (AvgIpc) is 2.48. The molecule has 0 spiro atoms. The number of aliphatic hydroxyl groups excluding tert-OH is 1. The molecule has 0 saturated carbocycles. The molecule has 2 nitrogen and oxygen atoms in total. The predicted octanol–water partition coefficient (Wildman–Crippen LogP) is 4.59. The Morgan fingerprint density at radius 2 is 1.52 bits per heavy atom. The molecule has 0 amide bonds. The van der Waals surface area contributed by atoms with Crippen LogP contribution in [0.1, 0.15) is 43.9 Å². The van der Waals surface area contributed by atoms with E-state index in [1.54, 1.807) is 6.92 Å². The molecular weight excluding hydrogens is 258 g/mol. The highest BCUT2D eigenvalue weighted by Crippen LogP contribution is 2.27. The van der Waals surface area contributed by atoms with E-state index in [1.807, 2.05) is 24.3 Å². The smallest absolute Gasteiger partial charge is 0.0781 e. The van der Waals surface area contributed by atoms with E-state index >= 15 is 0 Å². The summed E-state index contributed by atoms with van der Waals surface area (Å²) in [6, 6.07) is 18.6. The van der Waals surface area contributed by atoms with Crippen molar-refractivity contribution in [3.05, 3.63) is 65.7 Å². The zero-order valence-corrected chi connectivity index (χ0v) is 13.1. The molecule has 0 bridgehead atoms. The molecule has 2 unspecified atom stereocenters. The molecule has 0 aromatic heterocycles. The summed E-state index contributed by atoms with van der Waals surface area (Å²) in [4.78, 5) is 0. The van der Waals surface area contributed by atoms with Gasteiger partial charge in [0.1, 0.15) is 0 Å². The molecule has 0 heterocycles. The Balaban J connectivity index is 2.13. The van der Waals surface area contributed by atoms with Gasteiger partial charge in [0.2, 0.25) is 0 Å². The number of para-hydroxylation sites is 1. The number of benzene rings is 2. The van der Waals surface area contributed by atoms with Crippen LogP contribution in [-0.4, -0.2) is 11.7 Å². The molecule has 0 aliphatic rings. The van der Waals surface area contributed by atoms with Crippen molar-refractivity contribution < 1.29 is 5.11 Å². The summed E-state index contributed by atoms with van der Waals surface area (Å²) in [7, 11) is 0. The van der Waals surface area contributed by atoms with Gasteiger partial charge in [0, 0.05) is 23.7 Å². The van der Waals surface area contributed by atoms with E-state index in [4.69, 9.17) is 0 Å². The lowest BCUT2D eigenvalue weighted by atomic mass is 9.88. The number of anilines is 1. The van der Waals surface area contributed by atoms with Gasteiger partial charge < -0.3 is 10.4 Å². The molecule has 0 saturated heterocycles. The van der Waals surface area contributed by atoms with Crippen LogP contribution >= 0.6 is 0 Å². The van der Waals surface area contributed by atoms with E-state index in [2.05, 4.69) is 49.5 Å². The van der Waals surface area contributed by atoms with Gasteiger partial charge in [-0.1, -0.05) is 62.4 Å². The van der Waals surface area contributed by atoms with Crippen molar-refractivity contribution in [1.29, 1.82) is 0 Å². The quantitative estimate of drug-likeness (QED) is 0.812. The minimum atomic E-state index is -0.456. The normalized spacial score (nSPS) is 14.0. The van der Waals surface area contributed by atoms with Gasteiger partial charge in [0.25, 0.3) is 0 Å².